The molecular weight excluding hydrogens is 464 g/mol. The Balaban J connectivity index is 1.29. The minimum atomic E-state index is -3.88. The zero-order valence-corrected chi connectivity index (χ0v) is 19.8. The van der Waals surface area contributed by atoms with E-state index < -0.39 is 21.8 Å². The summed E-state index contributed by atoms with van der Waals surface area (Å²) in [5, 5.41) is 0.935. The normalized spacial score (nSPS) is 15.1. The second-order valence-corrected chi connectivity index (χ2v) is 10.4. The number of hydrogen-bond acceptors (Lipinski definition) is 4. The van der Waals surface area contributed by atoms with E-state index in [0.717, 1.165) is 22.0 Å². The number of amides is 2. The Morgan fingerprint density at radius 2 is 1.77 bits per heavy atom. The molecular formula is C26H24N4O4S. The first kappa shape index (κ1) is 22.7. The molecule has 9 heteroatoms. The van der Waals surface area contributed by atoms with Crippen LogP contribution in [0.2, 0.25) is 0 Å². The van der Waals surface area contributed by atoms with E-state index in [0.29, 0.717) is 12.1 Å². The predicted molar refractivity (Wildman–Crippen MR) is 133 cm³/mol. The summed E-state index contributed by atoms with van der Waals surface area (Å²) in [5.74, 6) is -1.00. The van der Waals surface area contributed by atoms with Crippen LogP contribution in [0.15, 0.2) is 83.9 Å². The zero-order valence-electron chi connectivity index (χ0n) is 19.0. The predicted octanol–water partition coefficient (Wildman–Crippen LogP) is 3.31. The number of nitrogens with one attached hydrogen (secondary N) is 3. The van der Waals surface area contributed by atoms with Gasteiger partial charge in [-0.1, -0.05) is 42.5 Å². The summed E-state index contributed by atoms with van der Waals surface area (Å²) < 4.78 is 28.3. The smallest absolute Gasteiger partial charge is 0.269 e. The van der Waals surface area contributed by atoms with Crippen LogP contribution in [-0.2, 0) is 27.7 Å². The lowest BCUT2D eigenvalue weighted by Crippen LogP contribution is -2.42. The van der Waals surface area contributed by atoms with Crippen LogP contribution in [0.1, 0.15) is 28.4 Å². The van der Waals surface area contributed by atoms with Gasteiger partial charge in [0, 0.05) is 28.7 Å². The van der Waals surface area contributed by atoms with Crippen molar-refractivity contribution in [3.05, 3.63) is 95.7 Å². The van der Waals surface area contributed by atoms with Gasteiger partial charge in [-0.25, -0.2) is 8.42 Å². The molecule has 8 nitrogen and oxygen atoms in total. The highest BCUT2D eigenvalue weighted by Crippen LogP contribution is 2.36. The van der Waals surface area contributed by atoms with Crippen molar-refractivity contribution in [2.24, 2.45) is 0 Å². The largest absolute Gasteiger partial charge is 0.361 e. The molecule has 5 rings (SSSR count). The van der Waals surface area contributed by atoms with Gasteiger partial charge in [0.05, 0.1) is 17.0 Å². The van der Waals surface area contributed by atoms with E-state index in [2.05, 4.69) is 15.8 Å². The Bertz CT molecular complexity index is 1540. The van der Waals surface area contributed by atoms with Crippen molar-refractivity contribution in [2.45, 2.75) is 30.7 Å². The number of anilines is 1. The van der Waals surface area contributed by atoms with E-state index in [9.17, 15) is 18.0 Å². The number of sulfonamides is 1. The van der Waals surface area contributed by atoms with Crippen molar-refractivity contribution in [3.63, 3.8) is 0 Å². The average Bonchev–Trinajstić information content (AvgIpc) is 3.42. The van der Waals surface area contributed by atoms with Crippen molar-refractivity contribution in [2.75, 3.05) is 4.31 Å². The highest BCUT2D eigenvalue weighted by atomic mass is 32.2. The molecule has 0 aliphatic carbocycles. The third-order valence-electron chi connectivity index (χ3n) is 6.14. The highest BCUT2D eigenvalue weighted by Gasteiger charge is 2.36. The lowest BCUT2D eigenvalue weighted by molar-refractivity contribution is -0.121. The second-order valence-electron chi connectivity index (χ2n) is 8.55. The number of para-hydroxylation sites is 2. The summed E-state index contributed by atoms with van der Waals surface area (Å²) >= 11 is 0. The number of benzene rings is 3. The number of hydrazine groups is 1. The molecule has 3 aromatic carbocycles. The first-order valence-corrected chi connectivity index (χ1v) is 12.6. The van der Waals surface area contributed by atoms with Crippen LogP contribution < -0.4 is 15.2 Å². The molecule has 0 saturated carbocycles. The first-order valence-electron chi connectivity index (χ1n) is 11.2. The van der Waals surface area contributed by atoms with Crippen LogP contribution in [0.5, 0.6) is 0 Å². The van der Waals surface area contributed by atoms with Gasteiger partial charge in [0.25, 0.3) is 15.9 Å². The van der Waals surface area contributed by atoms with Crippen LogP contribution in [0, 0.1) is 0 Å². The molecule has 35 heavy (non-hydrogen) atoms. The van der Waals surface area contributed by atoms with Crippen molar-refractivity contribution in [1.29, 1.82) is 0 Å². The van der Waals surface area contributed by atoms with E-state index >= 15 is 0 Å². The number of aromatic nitrogens is 1. The molecule has 0 fully saturated rings. The molecule has 1 aromatic heterocycles. The summed E-state index contributed by atoms with van der Waals surface area (Å²) in [7, 11) is -3.88. The van der Waals surface area contributed by atoms with Crippen molar-refractivity contribution in [3.8, 4) is 0 Å². The van der Waals surface area contributed by atoms with Gasteiger partial charge in [-0.05, 0) is 54.8 Å². The summed E-state index contributed by atoms with van der Waals surface area (Å²) in [5.41, 5.74) is 8.25. The van der Waals surface area contributed by atoms with Gasteiger partial charge in [-0.15, -0.1) is 0 Å². The van der Waals surface area contributed by atoms with E-state index in [4.69, 9.17) is 0 Å². The zero-order chi connectivity index (χ0) is 24.6. The quantitative estimate of drug-likeness (QED) is 0.374. The summed E-state index contributed by atoms with van der Waals surface area (Å²) in [6, 6.07) is 20.6. The topological polar surface area (TPSA) is 111 Å². The maximum Gasteiger partial charge on any atom is 0.269 e. The number of rotatable bonds is 5. The standard InChI is InChI=1S/C26H24N4O4S/c1-17-13-18-7-2-5-12-24(18)30(17)35(33,34)21-9-6-8-19(14-21)26(32)29-28-25(31)15-20-16-27-23-11-4-3-10-22(20)23/h2-12,14,16-17,27H,13,15H2,1H3,(H,28,31)(H,29,32)/t17-/m1/s1. The van der Waals surface area contributed by atoms with Gasteiger partial charge in [-0.2, -0.15) is 0 Å². The number of H-pyrrole nitrogens is 1. The third-order valence-corrected chi connectivity index (χ3v) is 8.06. The summed E-state index contributed by atoms with van der Waals surface area (Å²) in [4.78, 5) is 28.2. The molecule has 3 N–H and O–H groups in total. The maximum absolute atomic E-state index is 13.5. The Kier molecular flexibility index (Phi) is 5.78. The number of hydrogen-bond donors (Lipinski definition) is 3. The second kappa shape index (κ2) is 8.92. The third kappa shape index (κ3) is 4.26. The fourth-order valence-electron chi connectivity index (χ4n) is 4.51. The minimum Gasteiger partial charge on any atom is -0.361 e. The Morgan fingerprint density at radius 3 is 2.63 bits per heavy atom. The molecule has 2 heterocycles. The van der Waals surface area contributed by atoms with E-state index in [1.54, 1.807) is 12.3 Å². The van der Waals surface area contributed by atoms with Gasteiger partial charge in [0.1, 0.15) is 0 Å². The van der Waals surface area contributed by atoms with Crippen LogP contribution >= 0.6 is 0 Å². The fraction of sp³-hybridized carbons (Fsp3) is 0.154. The van der Waals surface area contributed by atoms with Crippen LogP contribution in [0.4, 0.5) is 5.69 Å². The molecule has 0 saturated heterocycles. The van der Waals surface area contributed by atoms with Gasteiger partial charge in [0.15, 0.2) is 0 Å². The van der Waals surface area contributed by atoms with Crippen molar-refractivity contribution >= 4 is 38.4 Å². The molecule has 0 spiro atoms. The summed E-state index contributed by atoms with van der Waals surface area (Å²) in [6.07, 6.45) is 2.46. The van der Waals surface area contributed by atoms with Crippen molar-refractivity contribution < 1.29 is 18.0 Å². The molecule has 0 bridgehead atoms. The van der Waals surface area contributed by atoms with Gasteiger partial charge >= 0.3 is 0 Å². The van der Waals surface area contributed by atoms with Crippen molar-refractivity contribution in [1.82, 2.24) is 15.8 Å². The number of carbonyl (C=O) groups excluding carboxylic acids is 2. The van der Waals surface area contributed by atoms with E-state index in [1.807, 2.05) is 49.4 Å². The fourth-order valence-corrected chi connectivity index (χ4v) is 6.25. The minimum absolute atomic E-state index is 0.0128. The molecule has 4 aromatic rings. The Labute approximate surface area is 203 Å². The Hall–Kier alpha value is -4.11. The van der Waals surface area contributed by atoms with E-state index in [-0.39, 0.29) is 22.9 Å². The molecule has 2 amide bonds. The molecule has 1 atom stereocenters. The molecule has 1 aliphatic heterocycles. The maximum atomic E-state index is 13.5. The van der Waals surface area contributed by atoms with Gasteiger partial charge in [0.2, 0.25) is 5.91 Å². The SMILES string of the molecule is C[C@@H]1Cc2ccccc2N1S(=O)(=O)c1cccc(C(=O)NNC(=O)Cc2c[nH]c3ccccc23)c1. The van der Waals surface area contributed by atoms with Crippen LogP contribution in [0.25, 0.3) is 10.9 Å². The number of nitrogens with zero attached hydrogens (tertiary/aromatic N) is 1. The lowest BCUT2D eigenvalue weighted by atomic mass is 10.1. The summed E-state index contributed by atoms with van der Waals surface area (Å²) in [6.45, 7) is 1.86. The van der Waals surface area contributed by atoms with Crippen LogP contribution in [0.3, 0.4) is 0 Å². The monoisotopic (exact) mass is 488 g/mol. The van der Waals surface area contributed by atoms with Crippen LogP contribution in [-0.4, -0.2) is 31.3 Å². The number of carbonyl (C=O) groups is 2. The van der Waals surface area contributed by atoms with Gasteiger partial charge < -0.3 is 4.98 Å². The molecule has 0 unspecified atom stereocenters. The Morgan fingerprint density at radius 1 is 1.00 bits per heavy atom. The molecule has 0 radical (unpaired) electrons. The number of fused-ring (bicyclic) bond motifs is 2. The molecule has 1 aliphatic rings. The van der Waals surface area contributed by atoms with E-state index in [1.165, 1.54) is 28.6 Å². The first-order chi connectivity index (χ1) is 16.8. The number of aromatic amines is 1. The highest BCUT2D eigenvalue weighted by molar-refractivity contribution is 7.92. The lowest BCUT2D eigenvalue weighted by Gasteiger charge is -2.24. The van der Waals surface area contributed by atoms with Gasteiger partial charge in [-0.3, -0.25) is 24.7 Å². The average molecular weight is 489 g/mol. The molecule has 178 valence electrons.